The third-order valence-electron chi connectivity index (χ3n) is 8.88. The number of aromatic hydroxyl groups is 1. The number of hydrogen-bond donors (Lipinski definition) is 5. The zero-order valence-corrected chi connectivity index (χ0v) is 23.7. The number of rotatable bonds is 5. The Hall–Kier alpha value is -4.15. The summed E-state index contributed by atoms with van der Waals surface area (Å²) in [5.41, 5.74) is 5.71. The summed E-state index contributed by atoms with van der Waals surface area (Å²) in [6.45, 7) is 1.86. The van der Waals surface area contributed by atoms with Crippen molar-refractivity contribution in [3.63, 3.8) is 0 Å². The molecule has 6 N–H and O–H groups in total. The number of nitrogens with zero attached hydrogens (tertiary/aromatic N) is 2. The summed E-state index contributed by atoms with van der Waals surface area (Å²) >= 11 is 0. The maximum Gasteiger partial charge on any atom is 0.255 e. The van der Waals surface area contributed by atoms with E-state index in [1.54, 1.807) is 14.1 Å². The SMILES string of the molecule is CCc1cc(-c2ccc(N(C)C)cc2)c2c(c1O)C(O)=C1C(=O)[C@@]3(O)C(O)=C(C(N)=O)C(=O)C(N(C)C)[C@H]3C[C@@H]1C2. The van der Waals surface area contributed by atoms with E-state index >= 15 is 0 Å². The van der Waals surface area contributed by atoms with Crippen LogP contribution in [0.5, 0.6) is 5.75 Å². The molecular formula is C31H35N3O7. The van der Waals surface area contributed by atoms with E-state index in [-0.39, 0.29) is 29.7 Å². The number of aliphatic hydroxyl groups excluding tert-OH is 2. The molecule has 0 aromatic heterocycles. The predicted octanol–water partition coefficient (Wildman–Crippen LogP) is 2.26. The average Bonchev–Trinajstić information content (AvgIpc) is 2.90. The van der Waals surface area contributed by atoms with E-state index in [1.807, 2.05) is 56.3 Å². The van der Waals surface area contributed by atoms with Crippen molar-refractivity contribution in [2.45, 2.75) is 37.8 Å². The van der Waals surface area contributed by atoms with Crippen LogP contribution in [0.3, 0.4) is 0 Å². The maximum absolute atomic E-state index is 14.1. The summed E-state index contributed by atoms with van der Waals surface area (Å²) in [4.78, 5) is 43.0. The number of phenols is 1. The van der Waals surface area contributed by atoms with Crippen LogP contribution in [0.25, 0.3) is 16.9 Å². The second kappa shape index (κ2) is 9.74. The lowest BCUT2D eigenvalue weighted by atomic mass is 9.57. The zero-order chi connectivity index (χ0) is 30.1. The minimum atomic E-state index is -2.66. The van der Waals surface area contributed by atoms with Crippen LogP contribution in [-0.2, 0) is 27.2 Å². The second-order valence-electron chi connectivity index (χ2n) is 11.5. The van der Waals surface area contributed by atoms with Gasteiger partial charge in [-0.2, -0.15) is 0 Å². The number of amides is 1. The number of primary amides is 1. The summed E-state index contributed by atoms with van der Waals surface area (Å²) in [6.07, 6.45) is 0.726. The summed E-state index contributed by atoms with van der Waals surface area (Å²) < 4.78 is 0. The number of fused-ring (bicyclic) bond motifs is 3. The third-order valence-corrected chi connectivity index (χ3v) is 8.88. The number of likely N-dealkylation sites (N-methyl/N-ethyl adjacent to an activating group) is 1. The van der Waals surface area contributed by atoms with Crippen LogP contribution in [0, 0.1) is 11.8 Å². The van der Waals surface area contributed by atoms with E-state index in [4.69, 9.17) is 5.73 Å². The highest BCUT2D eigenvalue weighted by Gasteiger charge is 2.64. The Morgan fingerprint density at radius 1 is 1.07 bits per heavy atom. The van der Waals surface area contributed by atoms with Crippen LogP contribution in [0.4, 0.5) is 5.69 Å². The molecule has 0 bridgehead atoms. The van der Waals surface area contributed by atoms with Gasteiger partial charge >= 0.3 is 0 Å². The number of nitrogens with two attached hydrogens (primary N) is 1. The molecule has 1 unspecified atom stereocenters. The molecule has 3 aliphatic rings. The molecule has 1 fully saturated rings. The fraction of sp³-hybridized carbons (Fsp3) is 0.387. The molecule has 216 valence electrons. The highest BCUT2D eigenvalue weighted by Crippen LogP contribution is 2.54. The fourth-order valence-corrected chi connectivity index (χ4v) is 6.83. The second-order valence-corrected chi connectivity index (χ2v) is 11.5. The molecule has 0 heterocycles. The van der Waals surface area contributed by atoms with Crippen molar-refractivity contribution in [1.82, 2.24) is 4.90 Å². The summed E-state index contributed by atoms with van der Waals surface area (Å²) in [5, 5.41) is 45.7. The van der Waals surface area contributed by atoms with E-state index in [0.29, 0.717) is 17.5 Å². The van der Waals surface area contributed by atoms with Gasteiger partial charge in [-0.05, 0) is 79.7 Å². The molecule has 10 heteroatoms. The average molecular weight is 562 g/mol. The van der Waals surface area contributed by atoms with Gasteiger partial charge in [0, 0.05) is 31.3 Å². The van der Waals surface area contributed by atoms with Gasteiger partial charge in [-0.1, -0.05) is 19.1 Å². The standard InChI is InChI=1S/C31H35N3O7/c1-6-14-11-18(15-7-9-17(10-8-15)33(2)3)19-12-16-13-20-24(34(4)5)27(37)23(30(32)40)29(39)31(20,41)28(38)21(16)26(36)22(19)25(14)35/h7-11,16,20,24,35-36,39,41H,6,12-13H2,1-5H3,(H2,32,40)/t16-,20+,24?,31+/m0/s1. The Morgan fingerprint density at radius 3 is 2.24 bits per heavy atom. The van der Waals surface area contributed by atoms with E-state index in [0.717, 1.165) is 16.8 Å². The van der Waals surface area contributed by atoms with Crippen LogP contribution < -0.4 is 10.6 Å². The summed E-state index contributed by atoms with van der Waals surface area (Å²) in [5.74, 6) is -6.55. The van der Waals surface area contributed by atoms with Crippen molar-refractivity contribution in [1.29, 1.82) is 0 Å². The Kier molecular flexibility index (Phi) is 6.74. The normalized spacial score (nSPS) is 25.7. The topological polar surface area (TPSA) is 165 Å². The van der Waals surface area contributed by atoms with Crippen molar-refractivity contribution >= 4 is 28.9 Å². The first-order valence-electron chi connectivity index (χ1n) is 13.6. The number of aryl methyl sites for hydroxylation is 1. The number of carbonyl (C=O) groups is 3. The van der Waals surface area contributed by atoms with Gasteiger partial charge in [0.05, 0.1) is 11.6 Å². The van der Waals surface area contributed by atoms with E-state index < -0.39 is 58.0 Å². The molecule has 5 rings (SSSR count). The predicted molar refractivity (Wildman–Crippen MR) is 153 cm³/mol. The molecule has 0 saturated heterocycles. The highest BCUT2D eigenvalue weighted by atomic mass is 16.3. The highest BCUT2D eigenvalue weighted by molar-refractivity contribution is 6.24. The number of carbonyl (C=O) groups excluding carboxylic acids is 3. The molecule has 0 radical (unpaired) electrons. The van der Waals surface area contributed by atoms with Gasteiger partial charge in [-0.15, -0.1) is 0 Å². The van der Waals surface area contributed by atoms with Crippen molar-refractivity contribution in [2.24, 2.45) is 17.6 Å². The Balaban J connectivity index is 1.75. The van der Waals surface area contributed by atoms with Gasteiger partial charge in [0.1, 0.15) is 22.8 Å². The van der Waals surface area contributed by atoms with E-state index in [9.17, 15) is 34.8 Å². The van der Waals surface area contributed by atoms with Crippen LogP contribution in [0.1, 0.15) is 30.0 Å². The lowest BCUT2D eigenvalue weighted by molar-refractivity contribution is -0.153. The molecule has 41 heavy (non-hydrogen) atoms. The number of ketones is 2. The van der Waals surface area contributed by atoms with Gasteiger partial charge in [0.25, 0.3) is 5.91 Å². The molecule has 3 aliphatic carbocycles. The lowest BCUT2D eigenvalue weighted by Crippen LogP contribution is -2.65. The number of phenolic OH excluding ortho intramolecular Hbond substituents is 1. The Labute approximate surface area is 238 Å². The lowest BCUT2D eigenvalue weighted by Gasteiger charge is -2.50. The minimum absolute atomic E-state index is 0.0427. The van der Waals surface area contributed by atoms with E-state index in [1.165, 1.54) is 4.90 Å². The monoisotopic (exact) mass is 561 g/mol. The quantitative estimate of drug-likeness (QED) is 0.344. The molecule has 1 amide bonds. The minimum Gasteiger partial charge on any atom is -0.508 e. The number of benzene rings is 2. The van der Waals surface area contributed by atoms with Crippen molar-refractivity contribution in [3.8, 4) is 16.9 Å². The summed E-state index contributed by atoms with van der Waals surface area (Å²) in [7, 11) is 7.03. The first-order valence-corrected chi connectivity index (χ1v) is 13.6. The van der Waals surface area contributed by atoms with Gasteiger partial charge < -0.3 is 31.1 Å². The van der Waals surface area contributed by atoms with Gasteiger partial charge in [-0.3, -0.25) is 19.3 Å². The van der Waals surface area contributed by atoms with Crippen LogP contribution in [-0.4, -0.2) is 82.6 Å². The van der Waals surface area contributed by atoms with E-state index in [2.05, 4.69) is 0 Å². The Bertz CT molecular complexity index is 1550. The largest absolute Gasteiger partial charge is 0.508 e. The number of anilines is 1. The molecular weight excluding hydrogens is 526 g/mol. The maximum atomic E-state index is 14.1. The van der Waals surface area contributed by atoms with Crippen LogP contribution >= 0.6 is 0 Å². The first-order chi connectivity index (χ1) is 19.2. The van der Waals surface area contributed by atoms with Crippen LogP contribution in [0.2, 0.25) is 0 Å². The number of aliphatic hydroxyl groups is 3. The molecule has 2 aromatic carbocycles. The number of Topliss-reactive ketones (excluding diaryl/α,β-unsaturated/α-hetero) is 2. The fourth-order valence-electron chi connectivity index (χ4n) is 6.83. The first kappa shape index (κ1) is 28.4. The zero-order valence-electron chi connectivity index (χ0n) is 23.7. The molecule has 10 nitrogen and oxygen atoms in total. The summed E-state index contributed by atoms with van der Waals surface area (Å²) in [6, 6.07) is 8.61. The van der Waals surface area contributed by atoms with Crippen molar-refractivity contribution < 1.29 is 34.8 Å². The molecule has 0 aliphatic heterocycles. The Morgan fingerprint density at radius 2 is 1.71 bits per heavy atom. The smallest absolute Gasteiger partial charge is 0.255 e. The molecule has 0 spiro atoms. The molecule has 4 atom stereocenters. The molecule has 1 saturated carbocycles. The van der Waals surface area contributed by atoms with Gasteiger partial charge in [-0.25, -0.2) is 0 Å². The van der Waals surface area contributed by atoms with Gasteiger partial charge in [0.2, 0.25) is 5.78 Å². The third kappa shape index (κ3) is 3.96. The van der Waals surface area contributed by atoms with Gasteiger partial charge in [0.15, 0.2) is 11.4 Å². The molecule has 2 aromatic rings. The van der Waals surface area contributed by atoms with Crippen molar-refractivity contribution in [2.75, 3.05) is 33.1 Å². The number of hydrogen-bond acceptors (Lipinski definition) is 9. The van der Waals surface area contributed by atoms with Crippen LogP contribution in [0.15, 0.2) is 47.2 Å². The van der Waals surface area contributed by atoms with Crippen molar-refractivity contribution in [3.05, 3.63) is 63.9 Å².